The number of ether oxygens (including phenoxy) is 1. The fraction of sp³-hybridized carbons (Fsp3) is 0.400. The fourth-order valence-corrected chi connectivity index (χ4v) is 3.47. The van der Waals surface area contributed by atoms with E-state index in [1.165, 1.54) is 6.42 Å². The van der Waals surface area contributed by atoms with Crippen molar-refractivity contribution in [3.8, 4) is 11.5 Å². The summed E-state index contributed by atoms with van der Waals surface area (Å²) in [4.78, 5) is 16.7. The molecule has 3 rings (SSSR count). The first-order chi connectivity index (χ1) is 12.2. The number of nitrogens with one attached hydrogen (secondary N) is 1. The molecule has 0 atom stereocenters. The zero-order valence-corrected chi connectivity index (χ0v) is 14.4. The maximum Gasteiger partial charge on any atom is 0.225 e. The molecule has 5 heteroatoms. The first-order valence-corrected chi connectivity index (χ1v) is 8.88. The Kier molecular flexibility index (Phi) is 5.66. The van der Waals surface area contributed by atoms with Crippen molar-refractivity contribution >= 4 is 11.6 Å². The van der Waals surface area contributed by atoms with E-state index in [1.54, 1.807) is 18.5 Å². The molecule has 1 fully saturated rings. The molecule has 2 aromatic rings. The van der Waals surface area contributed by atoms with Crippen LogP contribution in [0, 0.1) is 5.41 Å². The lowest BCUT2D eigenvalue weighted by Crippen LogP contribution is -2.36. The standard InChI is InChI=1S/C20H25N3O2/c21-15-20(10-5-2-6-11-20)13-19(24)23-17-14-22-12-9-18(17)25-16-7-3-1-4-8-16/h1,3-4,7-9,12,14H,2,5-6,10-11,13,15,21H2,(H,23,24). The number of rotatable bonds is 6. The Morgan fingerprint density at radius 3 is 2.64 bits per heavy atom. The van der Waals surface area contributed by atoms with Crippen molar-refractivity contribution in [3.63, 3.8) is 0 Å². The van der Waals surface area contributed by atoms with Gasteiger partial charge in [-0.05, 0) is 36.9 Å². The molecule has 0 aliphatic heterocycles. The lowest BCUT2D eigenvalue weighted by molar-refractivity contribution is -0.118. The van der Waals surface area contributed by atoms with E-state index in [4.69, 9.17) is 10.5 Å². The van der Waals surface area contributed by atoms with Crippen molar-refractivity contribution in [1.29, 1.82) is 0 Å². The van der Waals surface area contributed by atoms with Crippen LogP contribution in [0.5, 0.6) is 11.5 Å². The monoisotopic (exact) mass is 339 g/mol. The van der Waals surface area contributed by atoms with E-state index >= 15 is 0 Å². The van der Waals surface area contributed by atoms with Gasteiger partial charge < -0.3 is 15.8 Å². The zero-order chi connectivity index (χ0) is 17.5. The van der Waals surface area contributed by atoms with Crippen molar-refractivity contribution < 1.29 is 9.53 Å². The summed E-state index contributed by atoms with van der Waals surface area (Å²) in [6, 6.07) is 11.2. The molecule has 5 nitrogen and oxygen atoms in total. The quantitative estimate of drug-likeness (QED) is 0.830. The normalized spacial score (nSPS) is 16.2. The van der Waals surface area contributed by atoms with Crippen LogP contribution in [0.2, 0.25) is 0 Å². The third-order valence-corrected chi connectivity index (χ3v) is 4.91. The van der Waals surface area contributed by atoms with Crippen molar-refractivity contribution in [2.45, 2.75) is 38.5 Å². The fourth-order valence-electron chi connectivity index (χ4n) is 3.47. The van der Waals surface area contributed by atoms with E-state index in [2.05, 4.69) is 10.3 Å². The number of anilines is 1. The van der Waals surface area contributed by atoms with E-state index in [0.29, 0.717) is 24.4 Å². The number of nitrogens with two attached hydrogens (primary N) is 1. The van der Waals surface area contributed by atoms with Crippen LogP contribution in [-0.4, -0.2) is 17.4 Å². The Labute approximate surface area is 148 Å². The smallest absolute Gasteiger partial charge is 0.225 e. The van der Waals surface area contributed by atoms with Crippen LogP contribution in [0.1, 0.15) is 38.5 Å². The predicted molar refractivity (Wildman–Crippen MR) is 98.6 cm³/mol. The first-order valence-electron chi connectivity index (χ1n) is 8.88. The highest BCUT2D eigenvalue weighted by Gasteiger charge is 2.33. The second-order valence-electron chi connectivity index (χ2n) is 6.78. The number of hydrogen-bond acceptors (Lipinski definition) is 4. The highest BCUT2D eigenvalue weighted by molar-refractivity contribution is 5.92. The molecule has 1 aliphatic rings. The molecule has 0 saturated heterocycles. The first kappa shape index (κ1) is 17.4. The molecule has 1 amide bonds. The highest BCUT2D eigenvalue weighted by Crippen LogP contribution is 2.39. The van der Waals surface area contributed by atoms with Gasteiger partial charge in [0.25, 0.3) is 0 Å². The van der Waals surface area contributed by atoms with E-state index in [0.717, 1.165) is 31.4 Å². The Morgan fingerprint density at radius 1 is 1.16 bits per heavy atom. The van der Waals surface area contributed by atoms with Crippen LogP contribution in [0.15, 0.2) is 48.8 Å². The molecule has 3 N–H and O–H groups in total. The van der Waals surface area contributed by atoms with Crippen LogP contribution in [0.25, 0.3) is 0 Å². The second-order valence-corrected chi connectivity index (χ2v) is 6.78. The molecule has 1 aromatic carbocycles. The lowest BCUT2D eigenvalue weighted by atomic mass is 9.71. The number of para-hydroxylation sites is 1. The van der Waals surface area contributed by atoms with Crippen molar-refractivity contribution in [1.82, 2.24) is 4.98 Å². The van der Waals surface area contributed by atoms with E-state index < -0.39 is 0 Å². The number of hydrogen-bond donors (Lipinski definition) is 2. The number of benzene rings is 1. The number of carbonyl (C=O) groups excluding carboxylic acids is 1. The van der Waals surface area contributed by atoms with Crippen LogP contribution in [-0.2, 0) is 4.79 Å². The number of pyridine rings is 1. The van der Waals surface area contributed by atoms with Crippen LogP contribution in [0.4, 0.5) is 5.69 Å². The molecule has 0 unspecified atom stereocenters. The summed E-state index contributed by atoms with van der Waals surface area (Å²) in [6.07, 6.45) is 9.31. The molecule has 1 saturated carbocycles. The number of carbonyl (C=O) groups is 1. The van der Waals surface area contributed by atoms with Gasteiger partial charge in [0.1, 0.15) is 11.4 Å². The van der Waals surface area contributed by atoms with E-state index in [1.807, 2.05) is 30.3 Å². The Balaban J connectivity index is 1.69. The third-order valence-electron chi connectivity index (χ3n) is 4.91. The van der Waals surface area contributed by atoms with Gasteiger partial charge in [-0.1, -0.05) is 37.5 Å². The van der Waals surface area contributed by atoms with Gasteiger partial charge in [-0.25, -0.2) is 0 Å². The molecular weight excluding hydrogens is 314 g/mol. The third kappa shape index (κ3) is 4.57. The van der Waals surface area contributed by atoms with E-state index in [-0.39, 0.29) is 11.3 Å². The second kappa shape index (κ2) is 8.12. The summed E-state index contributed by atoms with van der Waals surface area (Å²) < 4.78 is 5.87. The van der Waals surface area contributed by atoms with Gasteiger partial charge in [0, 0.05) is 18.7 Å². The maximum atomic E-state index is 12.6. The van der Waals surface area contributed by atoms with Gasteiger partial charge in [0.15, 0.2) is 5.75 Å². The number of aromatic nitrogens is 1. The van der Waals surface area contributed by atoms with Crippen molar-refractivity contribution in [2.24, 2.45) is 11.1 Å². The predicted octanol–water partition coefficient (Wildman–Crippen LogP) is 4.11. The lowest BCUT2D eigenvalue weighted by Gasteiger charge is -2.35. The molecule has 25 heavy (non-hydrogen) atoms. The molecule has 0 spiro atoms. The number of nitrogens with zero attached hydrogens (tertiary/aromatic N) is 1. The summed E-state index contributed by atoms with van der Waals surface area (Å²) in [5.41, 5.74) is 6.51. The van der Waals surface area contributed by atoms with Crippen LogP contribution < -0.4 is 15.8 Å². The van der Waals surface area contributed by atoms with Gasteiger partial charge in [-0.15, -0.1) is 0 Å². The van der Waals surface area contributed by atoms with Crippen LogP contribution >= 0.6 is 0 Å². The molecule has 1 aliphatic carbocycles. The Bertz CT molecular complexity index is 697. The minimum Gasteiger partial charge on any atom is -0.455 e. The van der Waals surface area contributed by atoms with Gasteiger partial charge in [0.05, 0.1) is 6.20 Å². The molecule has 0 bridgehead atoms. The average Bonchev–Trinajstić information content (AvgIpc) is 2.65. The summed E-state index contributed by atoms with van der Waals surface area (Å²) >= 11 is 0. The number of amides is 1. The van der Waals surface area contributed by atoms with Crippen molar-refractivity contribution in [2.75, 3.05) is 11.9 Å². The van der Waals surface area contributed by atoms with Gasteiger partial charge in [-0.3, -0.25) is 9.78 Å². The maximum absolute atomic E-state index is 12.6. The average molecular weight is 339 g/mol. The topological polar surface area (TPSA) is 77.2 Å². The minimum atomic E-state index is -0.0645. The molecule has 1 heterocycles. The molecule has 1 aromatic heterocycles. The van der Waals surface area contributed by atoms with Gasteiger partial charge >= 0.3 is 0 Å². The summed E-state index contributed by atoms with van der Waals surface area (Å²) in [7, 11) is 0. The summed E-state index contributed by atoms with van der Waals surface area (Å²) in [5, 5.41) is 2.96. The minimum absolute atomic E-state index is 0.0294. The summed E-state index contributed by atoms with van der Waals surface area (Å²) in [5.74, 6) is 1.27. The van der Waals surface area contributed by atoms with E-state index in [9.17, 15) is 4.79 Å². The van der Waals surface area contributed by atoms with Gasteiger partial charge in [0.2, 0.25) is 5.91 Å². The largest absolute Gasteiger partial charge is 0.455 e. The van der Waals surface area contributed by atoms with Crippen molar-refractivity contribution in [3.05, 3.63) is 48.8 Å². The zero-order valence-electron chi connectivity index (χ0n) is 14.4. The molecule has 132 valence electrons. The highest BCUT2D eigenvalue weighted by atomic mass is 16.5. The van der Waals surface area contributed by atoms with Crippen LogP contribution in [0.3, 0.4) is 0 Å². The summed E-state index contributed by atoms with van der Waals surface area (Å²) in [6.45, 7) is 0.556. The molecule has 0 radical (unpaired) electrons. The SMILES string of the molecule is NCC1(CC(=O)Nc2cnccc2Oc2ccccc2)CCCCC1. The molecular formula is C20H25N3O2. The van der Waals surface area contributed by atoms with Gasteiger partial charge in [-0.2, -0.15) is 0 Å². The Morgan fingerprint density at radius 2 is 1.92 bits per heavy atom. The Hall–Kier alpha value is -2.40.